The molecule has 1 aromatic heterocycles. The Bertz CT molecular complexity index is 476. The minimum Gasteiger partial charge on any atom is -0.443 e. The standard InChI is InChI=1S/C13H15FN2O/c1-9(2)15-7-12-13(17-8-16-12)10-3-5-11(14)6-4-10/h3-6,8-9,15H,7H2,1-2H3. The fourth-order valence-electron chi connectivity index (χ4n) is 1.53. The Morgan fingerprint density at radius 1 is 1.29 bits per heavy atom. The van der Waals surface area contributed by atoms with Gasteiger partial charge < -0.3 is 9.73 Å². The molecule has 0 fully saturated rings. The first-order valence-electron chi connectivity index (χ1n) is 5.58. The third kappa shape index (κ3) is 2.91. The van der Waals surface area contributed by atoms with E-state index in [2.05, 4.69) is 24.1 Å². The smallest absolute Gasteiger partial charge is 0.181 e. The summed E-state index contributed by atoms with van der Waals surface area (Å²) in [6, 6.07) is 6.59. The maximum atomic E-state index is 12.8. The summed E-state index contributed by atoms with van der Waals surface area (Å²) in [7, 11) is 0. The number of benzene rings is 1. The summed E-state index contributed by atoms with van der Waals surface area (Å²) in [4.78, 5) is 4.16. The van der Waals surface area contributed by atoms with E-state index in [1.165, 1.54) is 18.5 Å². The van der Waals surface area contributed by atoms with Crippen molar-refractivity contribution in [3.63, 3.8) is 0 Å². The largest absolute Gasteiger partial charge is 0.443 e. The lowest BCUT2D eigenvalue weighted by atomic mass is 10.1. The summed E-state index contributed by atoms with van der Waals surface area (Å²) in [5.74, 6) is 0.438. The molecule has 0 saturated carbocycles. The number of hydrogen-bond donors (Lipinski definition) is 1. The van der Waals surface area contributed by atoms with E-state index in [4.69, 9.17) is 4.42 Å². The Morgan fingerprint density at radius 2 is 2.00 bits per heavy atom. The Labute approximate surface area is 99.7 Å². The van der Waals surface area contributed by atoms with Gasteiger partial charge in [-0.3, -0.25) is 0 Å². The lowest BCUT2D eigenvalue weighted by Crippen LogP contribution is -2.22. The highest BCUT2D eigenvalue weighted by Gasteiger charge is 2.10. The van der Waals surface area contributed by atoms with Crippen LogP contribution in [0.5, 0.6) is 0 Å². The van der Waals surface area contributed by atoms with Gasteiger partial charge in [0, 0.05) is 18.2 Å². The van der Waals surface area contributed by atoms with Gasteiger partial charge in [-0.25, -0.2) is 9.37 Å². The van der Waals surface area contributed by atoms with Crippen LogP contribution < -0.4 is 5.32 Å². The molecule has 0 atom stereocenters. The van der Waals surface area contributed by atoms with Crippen LogP contribution in [0.4, 0.5) is 4.39 Å². The van der Waals surface area contributed by atoms with Crippen molar-refractivity contribution in [3.8, 4) is 11.3 Å². The Balaban J connectivity index is 2.21. The van der Waals surface area contributed by atoms with Gasteiger partial charge in [-0.15, -0.1) is 0 Å². The molecule has 4 heteroatoms. The average Bonchev–Trinajstić information content (AvgIpc) is 2.75. The van der Waals surface area contributed by atoms with Gasteiger partial charge in [0.05, 0.1) is 0 Å². The molecule has 2 rings (SSSR count). The number of halogens is 1. The second-order valence-corrected chi connectivity index (χ2v) is 4.17. The maximum absolute atomic E-state index is 12.8. The van der Waals surface area contributed by atoms with Crippen molar-refractivity contribution in [2.24, 2.45) is 0 Å². The predicted octanol–water partition coefficient (Wildman–Crippen LogP) is 2.98. The van der Waals surface area contributed by atoms with Crippen LogP contribution in [0.1, 0.15) is 19.5 Å². The minimum absolute atomic E-state index is 0.255. The highest BCUT2D eigenvalue weighted by atomic mass is 19.1. The van der Waals surface area contributed by atoms with Gasteiger partial charge in [0.15, 0.2) is 12.2 Å². The first-order chi connectivity index (χ1) is 8.16. The third-order valence-electron chi connectivity index (χ3n) is 2.43. The molecule has 0 aliphatic heterocycles. The van der Waals surface area contributed by atoms with Crippen molar-refractivity contribution in [2.45, 2.75) is 26.4 Å². The summed E-state index contributed by atoms with van der Waals surface area (Å²) in [5.41, 5.74) is 1.68. The van der Waals surface area contributed by atoms with Crippen molar-refractivity contribution in [3.05, 3.63) is 42.2 Å². The Kier molecular flexibility index (Phi) is 3.54. The number of aromatic nitrogens is 1. The van der Waals surface area contributed by atoms with Crippen LogP contribution in [0, 0.1) is 5.82 Å². The highest BCUT2D eigenvalue weighted by Crippen LogP contribution is 2.23. The average molecular weight is 234 g/mol. The predicted molar refractivity (Wildman–Crippen MR) is 63.9 cm³/mol. The van der Waals surface area contributed by atoms with E-state index in [9.17, 15) is 4.39 Å². The maximum Gasteiger partial charge on any atom is 0.181 e. The van der Waals surface area contributed by atoms with Crippen LogP contribution in [-0.4, -0.2) is 11.0 Å². The second-order valence-electron chi connectivity index (χ2n) is 4.17. The molecule has 1 heterocycles. The number of rotatable bonds is 4. The zero-order chi connectivity index (χ0) is 12.3. The normalized spacial score (nSPS) is 11.1. The lowest BCUT2D eigenvalue weighted by Gasteiger charge is -2.06. The zero-order valence-corrected chi connectivity index (χ0v) is 9.90. The lowest BCUT2D eigenvalue weighted by molar-refractivity contribution is 0.562. The molecule has 90 valence electrons. The number of nitrogens with one attached hydrogen (secondary N) is 1. The Morgan fingerprint density at radius 3 is 2.65 bits per heavy atom. The third-order valence-corrected chi connectivity index (χ3v) is 2.43. The quantitative estimate of drug-likeness (QED) is 0.883. The molecule has 0 spiro atoms. The van der Waals surface area contributed by atoms with Crippen molar-refractivity contribution < 1.29 is 8.81 Å². The van der Waals surface area contributed by atoms with Crippen LogP contribution in [-0.2, 0) is 6.54 Å². The van der Waals surface area contributed by atoms with Crippen LogP contribution in [0.3, 0.4) is 0 Å². The van der Waals surface area contributed by atoms with E-state index < -0.39 is 0 Å². The molecule has 1 aromatic carbocycles. The molecule has 0 aliphatic carbocycles. The van der Waals surface area contributed by atoms with E-state index in [0.29, 0.717) is 18.3 Å². The molecule has 0 saturated heterocycles. The van der Waals surface area contributed by atoms with E-state index in [1.807, 2.05) is 0 Å². The van der Waals surface area contributed by atoms with E-state index in [0.717, 1.165) is 11.3 Å². The molecule has 2 aromatic rings. The van der Waals surface area contributed by atoms with Gasteiger partial charge in [-0.05, 0) is 24.3 Å². The van der Waals surface area contributed by atoms with Gasteiger partial charge in [0.1, 0.15) is 11.5 Å². The summed E-state index contributed by atoms with van der Waals surface area (Å²) in [5, 5.41) is 3.27. The van der Waals surface area contributed by atoms with Crippen LogP contribution in [0.15, 0.2) is 35.1 Å². The summed E-state index contributed by atoms with van der Waals surface area (Å²) in [6.45, 7) is 4.77. The molecule has 0 unspecified atom stereocenters. The number of nitrogens with zero attached hydrogens (tertiary/aromatic N) is 1. The van der Waals surface area contributed by atoms with Crippen molar-refractivity contribution in [1.82, 2.24) is 10.3 Å². The van der Waals surface area contributed by atoms with Gasteiger partial charge >= 0.3 is 0 Å². The summed E-state index contributed by atoms with van der Waals surface area (Å²) < 4.78 is 18.2. The second kappa shape index (κ2) is 5.10. The first kappa shape index (κ1) is 11.8. The van der Waals surface area contributed by atoms with Crippen molar-refractivity contribution in [2.75, 3.05) is 0 Å². The topological polar surface area (TPSA) is 38.1 Å². The van der Waals surface area contributed by atoms with Crippen LogP contribution in [0.2, 0.25) is 0 Å². The van der Waals surface area contributed by atoms with E-state index >= 15 is 0 Å². The van der Waals surface area contributed by atoms with Crippen LogP contribution >= 0.6 is 0 Å². The molecule has 1 N–H and O–H groups in total. The van der Waals surface area contributed by atoms with E-state index in [1.54, 1.807) is 12.1 Å². The van der Waals surface area contributed by atoms with Crippen molar-refractivity contribution >= 4 is 0 Å². The van der Waals surface area contributed by atoms with Gasteiger partial charge in [0.2, 0.25) is 0 Å². The van der Waals surface area contributed by atoms with Gasteiger partial charge in [0.25, 0.3) is 0 Å². The van der Waals surface area contributed by atoms with E-state index in [-0.39, 0.29) is 5.82 Å². The summed E-state index contributed by atoms with van der Waals surface area (Å²) in [6.07, 6.45) is 1.41. The summed E-state index contributed by atoms with van der Waals surface area (Å²) >= 11 is 0. The monoisotopic (exact) mass is 234 g/mol. The number of oxazole rings is 1. The van der Waals surface area contributed by atoms with Gasteiger partial charge in [-0.2, -0.15) is 0 Å². The molecule has 0 radical (unpaired) electrons. The molecule has 0 bridgehead atoms. The van der Waals surface area contributed by atoms with Crippen molar-refractivity contribution in [1.29, 1.82) is 0 Å². The first-order valence-corrected chi connectivity index (χ1v) is 5.58. The number of hydrogen-bond acceptors (Lipinski definition) is 3. The molecular formula is C13H15FN2O. The molecule has 3 nitrogen and oxygen atoms in total. The SMILES string of the molecule is CC(C)NCc1ncoc1-c1ccc(F)cc1. The molecule has 0 amide bonds. The minimum atomic E-state index is -0.255. The van der Waals surface area contributed by atoms with Crippen LogP contribution in [0.25, 0.3) is 11.3 Å². The fraction of sp³-hybridized carbons (Fsp3) is 0.308. The highest BCUT2D eigenvalue weighted by molar-refractivity contribution is 5.59. The molecular weight excluding hydrogens is 219 g/mol. The fourth-order valence-corrected chi connectivity index (χ4v) is 1.53. The van der Waals surface area contributed by atoms with Gasteiger partial charge in [-0.1, -0.05) is 13.8 Å². The Hall–Kier alpha value is -1.68. The molecule has 17 heavy (non-hydrogen) atoms. The zero-order valence-electron chi connectivity index (χ0n) is 9.90. The molecule has 0 aliphatic rings.